The van der Waals surface area contributed by atoms with Gasteiger partial charge in [0.05, 0.1) is 0 Å². The van der Waals surface area contributed by atoms with Crippen LogP contribution in [0.15, 0.2) is 98.1 Å². The summed E-state index contributed by atoms with van der Waals surface area (Å²) in [6.07, 6.45) is 0. The van der Waals surface area contributed by atoms with Crippen molar-refractivity contribution in [3.63, 3.8) is 0 Å². The van der Waals surface area contributed by atoms with E-state index in [0.717, 1.165) is 11.1 Å². The molecule has 25 heavy (non-hydrogen) atoms. The second-order valence-corrected chi connectivity index (χ2v) is 6.07. The third-order valence-corrected chi connectivity index (χ3v) is 4.39. The minimum Gasteiger partial charge on any atom is -0.457 e. The molecule has 4 aromatic rings. The quantitative estimate of drug-likeness (QED) is 0.382. The first-order chi connectivity index (χ1) is 12.2. The fourth-order valence-corrected chi connectivity index (χ4v) is 2.99. The van der Waals surface area contributed by atoms with Crippen molar-refractivity contribution in [2.24, 2.45) is 0 Å². The van der Waals surface area contributed by atoms with Gasteiger partial charge >= 0.3 is 0 Å². The summed E-state index contributed by atoms with van der Waals surface area (Å²) in [5.74, 6) is 1.20. The maximum atomic E-state index is 5.93. The van der Waals surface area contributed by atoms with Crippen LogP contribution in [0.5, 0.6) is 0 Å². The minimum atomic E-state index is 0.601. The molecular weight excluding hydrogens is 304 g/mol. The van der Waals surface area contributed by atoms with Gasteiger partial charge in [0.25, 0.3) is 0 Å². The largest absolute Gasteiger partial charge is 0.457 e. The Bertz CT molecular complexity index is 1020. The lowest BCUT2D eigenvalue weighted by Crippen LogP contribution is -1.92. The van der Waals surface area contributed by atoms with Crippen molar-refractivity contribution in [1.29, 1.82) is 0 Å². The number of hydrogen-bond donors (Lipinski definition) is 0. The molecule has 4 rings (SSSR count). The van der Waals surface area contributed by atoms with E-state index in [1.54, 1.807) is 0 Å². The molecule has 0 fully saturated rings. The molecule has 0 aliphatic rings. The molecule has 1 nitrogen and oxygen atoms in total. The molecule has 0 saturated heterocycles. The summed E-state index contributed by atoms with van der Waals surface area (Å²) in [4.78, 5) is 0. The van der Waals surface area contributed by atoms with Gasteiger partial charge in [-0.1, -0.05) is 86.0 Å². The Labute approximate surface area is 147 Å². The van der Waals surface area contributed by atoms with Crippen molar-refractivity contribution < 1.29 is 4.74 Å². The number of rotatable bonds is 4. The molecule has 0 aromatic heterocycles. The van der Waals surface area contributed by atoms with Gasteiger partial charge in [0.15, 0.2) is 0 Å². The van der Waals surface area contributed by atoms with E-state index in [2.05, 4.69) is 61.7 Å². The predicted molar refractivity (Wildman–Crippen MR) is 107 cm³/mol. The van der Waals surface area contributed by atoms with Gasteiger partial charge < -0.3 is 4.74 Å². The molecule has 0 bridgehead atoms. The fraction of sp³-hybridized carbons (Fsp3) is 0. The van der Waals surface area contributed by atoms with E-state index in [1.807, 2.05) is 36.4 Å². The highest BCUT2D eigenvalue weighted by Gasteiger charge is 2.07. The van der Waals surface area contributed by atoms with Gasteiger partial charge in [0.2, 0.25) is 0 Å². The number of ether oxygens (including phenoxy) is 1. The summed E-state index contributed by atoms with van der Waals surface area (Å²) in [7, 11) is 0. The Morgan fingerprint density at radius 3 is 1.36 bits per heavy atom. The standard InChI is InChI=1S/C24H18O/c1-17(21-13-11-19-7-3-5-9-23(19)15-21)25-18(2)22-14-12-20-8-4-6-10-24(20)16-22/h3-16H,1-2H2. The van der Waals surface area contributed by atoms with Crippen molar-refractivity contribution in [2.45, 2.75) is 0 Å². The number of fused-ring (bicyclic) bond motifs is 2. The maximum absolute atomic E-state index is 5.93. The highest BCUT2D eigenvalue weighted by molar-refractivity contribution is 5.87. The Morgan fingerprint density at radius 2 is 0.920 bits per heavy atom. The van der Waals surface area contributed by atoms with Crippen LogP contribution < -0.4 is 0 Å². The number of hydrogen-bond acceptors (Lipinski definition) is 1. The normalized spacial score (nSPS) is 10.7. The molecule has 0 atom stereocenters. The Morgan fingerprint density at radius 1 is 0.520 bits per heavy atom. The molecule has 0 heterocycles. The van der Waals surface area contributed by atoms with Gasteiger partial charge in [0.1, 0.15) is 11.5 Å². The third-order valence-electron chi connectivity index (χ3n) is 4.39. The van der Waals surface area contributed by atoms with Crippen LogP contribution in [0.3, 0.4) is 0 Å². The molecule has 0 radical (unpaired) electrons. The van der Waals surface area contributed by atoms with Crippen LogP contribution in [0.25, 0.3) is 33.1 Å². The van der Waals surface area contributed by atoms with Crippen LogP contribution in [0.1, 0.15) is 11.1 Å². The summed E-state index contributed by atoms with van der Waals surface area (Å²) < 4.78 is 5.93. The van der Waals surface area contributed by atoms with E-state index in [4.69, 9.17) is 4.74 Å². The van der Waals surface area contributed by atoms with Crippen LogP contribution >= 0.6 is 0 Å². The SMILES string of the molecule is C=C(OC(=C)c1ccc2ccccc2c1)c1ccc2ccccc2c1. The lowest BCUT2D eigenvalue weighted by molar-refractivity contribution is 0.474. The van der Waals surface area contributed by atoms with Crippen molar-refractivity contribution in [2.75, 3.05) is 0 Å². The maximum Gasteiger partial charge on any atom is 0.127 e. The summed E-state index contributed by atoms with van der Waals surface area (Å²) in [5.41, 5.74) is 1.92. The van der Waals surface area contributed by atoms with Gasteiger partial charge in [-0.05, 0) is 33.7 Å². The molecule has 0 aliphatic heterocycles. The van der Waals surface area contributed by atoms with E-state index in [1.165, 1.54) is 21.5 Å². The molecule has 120 valence electrons. The van der Waals surface area contributed by atoms with Crippen molar-refractivity contribution in [3.8, 4) is 0 Å². The Balaban J connectivity index is 1.58. The summed E-state index contributed by atoms with van der Waals surface area (Å²) >= 11 is 0. The van der Waals surface area contributed by atoms with Gasteiger partial charge in [-0.2, -0.15) is 0 Å². The van der Waals surface area contributed by atoms with E-state index in [0.29, 0.717) is 11.5 Å². The number of benzene rings is 4. The van der Waals surface area contributed by atoms with Gasteiger partial charge in [-0.25, -0.2) is 0 Å². The van der Waals surface area contributed by atoms with E-state index < -0.39 is 0 Å². The molecule has 0 amide bonds. The van der Waals surface area contributed by atoms with Gasteiger partial charge in [0, 0.05) is 11.1 Å². The van der Waals surface area contributed by atoms with Gasteiger partial charge in [-0.3, -0.25) is 0 Å². The Kier molecular flexibility index (Phi) is 3.83. The first-order valence-corrected chi connectivity index (χ1v) is 8.25. The van der Waals surface area contributed by atoms with Crippen LogP contribution in [-0.4, -0.2) is 0 Å². The highest BCUT2D eigenvalue weighted by Crippen LogP contribution is 2.27. The van der Waals surface area contributed by atoms with Crippen LogP contribution in [0, 0.1) is 0 Å². The molecule has 0 aliphatic carbocycles. The zero-order valence-electron chi connectivity index (χ0n) is 13.9. The second kappa shape index (κ2) is 6.29. The first-order valence-electron chi connectivity index (χ1n) is 8.25. The molecule has 0 unspecified atom stereocenters. The Hall–Kier alpha value is -3.32. The monoisotopic (exact) mass is 322 g/mol. The predicted octanol–water partition coefficient (Wildman–Crippen LogP) is 6.65. The minimum absolute atomic E-state index is 0.601. The summed E-state index contributed by atoms with van der Waals surface area (Å²) in [6.45, 7) is 8.15. The lowest BCUT2D eigenvalue weighted by Gasteiger charge is -2.13. The molecule has 4 aromatic carbocycles. The van der Waals surface area contributed by atoms with E-state index in [9.17, 15) is 0 Å². The van der Waals surface area contributed by atoms with E-state index >= 15 is 0 Å². The van der Waals surface area contributed by atoms with Gasteiger partial charge in [-0.15, -0.1) is 0 Å². The highest BCUT2D eigenvalue weighted by atomic mass is 16.5. The topological polar surface area (TPSA) is 9.23 Å². The van der Waals surface area contributed by atoms with Crippen LogP contribution in [-0.2, 0) is 4.74 Å². The van der Waals surface area contributed by atoms with Crippen molar-refractivity contribution >= 4 is 33.1 Å². The smallest absolute Gasteiger partial charge is 0.127 e. The molecule has 1 heteroatoms. The average molecular weight is 322 g/mol. The van der Waals surface area contributed by atoms with Crippen LogP contribution in [0.2, 0.25) is 0 Å². The molecular formula is C24H18O. The lowest BCUT2D eigenvalue weighted by atomic mass is 10.1. The zero-order valence-corrected chi connectivity index (χ0v) is 13.9. The molecule has 0 spiro atoms. The zero-order chi connectivity index (χ0) is 17.2. The van der Waals surface area contributed by atoms with Crippen LogP contribution in [0.4, 0.5) is 0 Å². The van der Waals surface area contributed by atoms with Crippen molar-refractivity contribution in [3.05, 3.63) is 109 Å². The first kappa shape index (κ1) is 15.2. The summed E-state index contributed by atoms with van der Waals surface area (Å²) in [5, 5.41) is 4.74. The fourth-order valence-electron chi connectivity index (χ4n) is 2.99. The van der Waals surface area contributed by atoms with E-state index in [-0.39, 0.29) is 0 Å². The molecule has 0 saturated carbocycles. The average Bonchev–Trinajstić information content (AvgIpc) is 2.67. The third kappa shape index (κ3) is 3.05. The second-order valence-electron chi connectivity index (χ2n) is 6.07. The van der Waals surface area contributed by atoms with Crippen molar-refractivity contribution in [1.82, 2.24) is 0 Å². The molecule has 0 N–H and O–H groups in total. The summed E-state index contributed by atoms with van der Waals surface area (Å²) in [6, 6.07) is 28.9.